The first kappa shape index (κ1) is 19.0. The fourth-order valence-corrected chi connectivity index (χ4v) is 2.51. The van der Waals surface area contributed by atoms with Crippen LogP contribution in [0.4, 0.5) is 4.39 Å². The second-order valence-electron chi connectivity index (χ2n) is 5.83. The van der Waals surface area contributed by atoms with Gasteiger partial charge in [-0.1, -0.05) is 30.3 Å². The Morgan fingerprint density at radius 2 is 1.57 bits per heavy atom. The lowest BCUT2D eigenvalue weighted by molar-refractivity contribution is 0.0729. The summed E-state index contributed by atoms with van der Waals surface area (Å²) in [5, 5.41) is 0. The van der Waals surface area contributed by atoms with Gasteiger partial charge in [0, 0.05) is 11.1 Å². The largest absolute Gasteiger partial charge is 0.497 e. The number of rotatable bonds is 6. The normalized spacial score (nSPS) is 10.6. The minimum atomic E-state index is -0.805. The molecule has 0 aliphatic heterocycles. The number of allylic oxidation sites excluding steroid dienone is 1. The second kappa shape index (κ2) is 8.77. The van der Waals surface area contributed by atoms with E-state index in [1.807, 2.05) is 0 Å². The number of hydrogen-bond acceptors (Lipinski definition) is 4. The summed E-state index contributed by atoms with van der Waals surface area (Å²) >= 11 is 0. The van der Waals surface area contributed by atoms with Crippen LogP contribution in [0.2, 0.25) is 0 Å². The third-order valence-corrected chi connectivity index (χ3v) is 4.00. The third kappa shape index (κ3) is 4.51. The summed E-state index contributed by atoms with van der Waals surface area (Å²) in [6.07, 6.45) is 2.94. The zero-order chi connectivity index (χ0) is 19.9. The van der Waals surface area contributed by atoms with Crippen molar-refractivity contribution >= 4 is 17.8 Å². The molecule has 140 valence electrons. The third-order valence-electron chi connectivity index (χ3n) is 4.00. The number of benzene rings is 3. The van der Waals surface area contributed by atoms with Crippen LogP contribution in [0.25, 0.3) is 6.08 Å². The van der Waals surface area contributed by atoms with E-state index in [0.717, 1.165) is 0 Å². The molecule has 0 saturated heterocycles. The van der Waals surface area contributed by atoms with Crippen LogP contribution in [-0.2, 0) is 0 Å². The van der Waals surface area contributed by atoms with Gasteiger partial charge in [0.25, 0.3) is 0 Å². The highest BCUT2D eigenvalue weighted by atomic mass is 19.1. The van der Waals surface area contributed by atoms with E-state index in [4.69, 9.17) is 9.47 Å². The Morgan fingerprint density at radius 3 is 2.29 bits per heavy atom. The van der Waals surface area contributed by atoms with Crippen LogP contribution in [0.5, 0.6) is 11.5 Å². The van der Waals surface area contributed by atoms with Crippen LogP contribution in [0.1, 0.15) is 26.3 Å². The van der Waals surface area contributed by atoms with E-state index in [1.54, 1.807) is 67.8 Å². The van der Waals surface area contributed by atoms with Crippen LogP contribution in [0.3, 0.4) is 0 Å². The monoisotopic (exact) mass is 376 g/mol. The fraction of sp³-hybridized carbons (Fsp3) is 0.0435. The Hall–Kier alpha value is -3.73. The number of carbonyl (C=O) groups is 2. The Labute approximate surface area is 161 Å². The quantitative estimate of drug-likeness (QED) is 0.264. The highest BCUT2D eigenvalue weighted by Gasteiger charge is 2.14. The van der Waals surface area contributed by atoms with Crippen molar-refractivity contribution < 1.29 is 23.5 Å². The van der Waals surface area contributed by atoms with Crippen molar-refractivity contribution in [2.24, 2.45) is 0 Å². The van der Waals surface area contributed by atoms with Gasteiger partial charge in [0.15, 0.2) is 5.78 Å². The molecule has 4 nitrogen and oxygen atoms in total. The zero-order valence-corrected chi connectivity index (χ0v) is 15.1. The maximum atomic E-state index is 13.8. The van der Waals surface area contributed by atoms with E-state index in [2.05, 4.69) is 0 Å². The molecule has 0 aromatic heterocycles. The molecule has 0 bridgehead atoms. The van der Waals surface area contributed by atoms with E-state index < -0.39 is 11.8 Å². The van der Waals surface area contributed by atoms with E-state index in [-0.39, 0.29) is 17.1 Å². The summed E-state index contributed by atoms with van der Waals surface area (Å²) in [4.78, 5) is 24.6. The van der Waals surface area contributed by atoms with E-state index in [1.165, 1.54) is 24.3 Å². The first-order chi connectivity index (χ1) is 13.6. The molecule has 5 heteroatoms. The molecule has 0 N–H and O–H groups in total. The summed E-state index contributed by atoms with van der Waals surface area (Å²) in [7, 11) is 1.55. The molecular weight excluding hydrogens is 359 g/mol. The summed E-state index contributed by atoms with van der Waals surface area (Å²) in [5.74, 6) is -0.783. The Balaban J connectivity index is 1.78. The van der Waals surface area contributed by atoms with Gasteiger partial charge in [0.1, 0.15) is 17.3 Å². The molecule has 0 saturated carbocycles. The van der Waals surface area contributed by atoms with Crippen molar-refractivity contribution in [1.29, 1.82) is 0 Å². The topological polar surface area (TPSA) is 52.6 Å². The highest BCUT2D eigenvalue weighted by molar-refractivity contribution is 6.07. The maximum absolute atomic E-state index is 13.8. The van der Waals surface area contributed by atoms with Gasteiger partial charge in [0.05, 0.1) is 12.7 Å². The van der Waals surface area contributed by atoms with Gasteiger partial charge in [-0.05, 0) is 54.6 Å². The van der Waals surface area contributed by atoms with Crippen molar-refractivity contribution in [2.45, 2.75) is 0 Å². The molecule has 0 spiro atoms. The molecular formula is C23H17FO4. The summed E-state index contributed by atoms with van der Waals surface area (Å²) < 4.78 is 24.2. The molecule has 0 fully saturated rings. The molecule has 3 rings (SSSR count). The molecule has 3 aromatic rings. The lowest BCUT2D eigenvalue weighted by Gasteiger charge is -2.08. The average Bonchev–Trinajstić information content (AvgIpc) is 2.73. The van der Waals surface area contributed by atoms with Gasteiger partial charge in [-0.15, -0.1) is 0 Å². The highest BCUT2D eigenvalue weighted by Crippen LogP contribution is 2.22. The SMILES string of the molecule is COc1ccc(C(=O)C=Cc2ccccc2OC(=O)c2ccccc2F)cc1. The number of carbonyl (C=O) groups excluding carboxylic acids is 2. The molecule has 0 aliphatic rings. The van der Waals surface area contributed by atoms with E-state index >= 15 is 0 Å². The number of halogens is 1. The van der Waals surface area contributed by atoms with Crippen molar-refractivity contribution in [1.82, 2.24) is 0 Å². The number of ether oxygens (including phenoxy) is 2. The van der Waals surface area contributed by atoms with Gasteiger partial charge < -0.3 is 9.47 Å². The van der Waals surface area contributed by atoms with Crippen molar-refractivity contribution in [3.63, 3.8) is 0 Å². The van der Waals surface area contributed by atoms with Gasteiger partial charge >= 0.3 is 5.97 Å². The lowest BCUT2D eigenvalue weighted by Crippen LogP contribution is -2.11. The van der Waals surface area contributed by atoms with Crippen molar-refractivity contribution in [3.8, 4) is 11.5 Å². The molecule has 28 heavy (non-hydrogen) atoms. The minimum absolute atomic E-state index is 0.157. The van der Waals surface area contributed by atoms with Gasteiger partial charge in [-0.25, -0.2) is 9.18 Å². The van der Waals surface area contributed by atoms with Crippen molar-refractivity contribution in [3.05, 3.63) is 101 Å². The Morgan fingerprint density at radius 1 is 0.893 bits per heavy atom. The average molecular weight is 376 g/mol. The number of esters is 1. The number of hydrogen-bond donors (Lipinski definition) is 0. The first-order valence-electron chi connectivity index (χ1n) is 8.50. The standard InChI is InChI=1S/C23H17FO4/c1-27-18-13-10-16(11-14-18)21(25)15-12-17-6-2-5-9-22(17)28-23(26)19-7-3-4-8-20(19)24/h2-15H,1H3. The first-order valence-corrected chi connectivity index (χ1v) is 8.50. The molecule has 0 atom stereocenters. The van der Waals surface area contributed by atoms with Crippen LogP contribution >= 0.6 is 0 Å². The van der Waals surface area contributed by atoms with E-state index in [9.17, 15) is 14.0 Å². The Bertz CT molecular complexity index is 1020. The lowest BCUT2D eigenvalue weighted by atomic mass is 10.1. The molecule has 3 aromatic carbocycles. The molecule has 0 radical (unpaired) electrons. The zero-order valence-electron chi connectivity index (χ0n) is 15.1. The molecule has 0 heterocycles. The van der Waals surface area contributed by atoms with Crippen molar-refractivity contribution in [2.75, 3.05) is 7.11 Å². The maximum Gasteiger partial charge on any atom is 0.346 e. The fourth-order valence-electron chi connectivity index (χ4n) is 2.51. The van der Waals surface area contributed by atoms with Crippen LogP contribution < -0.4 is 9.47 Å². The smallest absolute Gasteiger partial charge is 0.346 e. The number of methoxy groups -OCH3 is 1. The summed E-state index contributed by atoms with van der Waals surface area (Å²) in [6, 6.07) is 19.0. The number of ketones is 1. The van der Waals surface area contributed by atoms with Gasteiger partial charge in [0.2, 0.25) is 0 Å². The molecule has 0 amide bonds. The van der Waals surface area contributed by atoms with Crippen LogP contribution in [0.15, 0.2) is 78.9 Å². The van der Waals surface area contributed by atoms with E-state index in [0.29, 0.717) is 16.9 Å². The summed E-state index contributed by atoms with van der Waals surface area (Å²) in [6.45, 7) is 0. The van der Waals surface area contributed by atoms with Crippen LogP contribution in [-0.4, -0.2) is 18.9 Å². The minimum Gasteiger partial charge on any atom is -0.497 e. The predicted molar refractivity (Wildman–Crippen MR) is 104 cm³/mol. The summed E-state index contributed by atoms with van der Waals surface area (Å²) in [5.41, 5.74) is 0.863. The molecule has 0 aliphatic carbocycles. The predicted octanol–water partition coefficient (Wildman–Crippen LogP) is 4.95. The van der Waals surface area contributed by atoms with Crippen LogP contribution in [0, 0.1) is 5.82 Å². The van der Waals surface area contributed by atoms with Gasteiger partial charge in [-0.3, -0.25) is 4.79 Å². The Kier molecular flexibility index (Phi) is 5.97. The molecule has 0 unspecified atom stereocenters. The number of para-hydroxylation sites is 1. The van der Waals surface area contributed by atoms with Gasteiger partial charge in [-0.2, -0.15) is 0 Å². The second-order valence-corrected chi connectivity index (χ2v) is 5.83.